The molecule has 106 valence electrons. The molecule has 1 saturated carbocycles. The van der Waals surface area contributed by atoms with Gasteiger partial charge in [-0.1, -0.05) is 6.07 Å². The molecule has 0 radical (unpaired) electrons. The smallest absolute Gasteiger partial charge is 0.124 e. The van der Waals surface area contributed by atoms with E-state index in [1.165, 1.54) is 0 Å². The molecular weight excluding hydrogens is 254 g/mol. The number of aliphatic hydroxyl groups is 2. The van der Waals surface area contributed by atoms with Gasteiger partial charge in [-0.25, -0.2) is 4.98 Å². The summed E-state index contributed by atoms with van der Waals surface area (Å²) in [7, 11) is 0. The predicted molar refractivity (Wildman–Crippen MR) is 79.4 cm³/mol. The van der Waals surface area contributed by atoms with Crippen molar-refractivity contribution in [2.45, 2.75) is 25.0 Å². The topological polar surface area (TPSA) is 91.4 Å². The van der Waals surface area contributed by atoms with Crippen LogP contribution in [-0.2, 0) is 0 Å². The third kappa shape index (κ3) is 2.55. The summed E-state index contributed by atoms with van der Waals surface area (Å²) in [5.41, 5.74) is 7.49. The lowest BCUT2D eigenvalue weighted by Crippen LogP contribution is -2.29. The highest BCUT2D eigenvalue weighted by molar-refractivity contribution is 5.83. The fourth-order valence-corrected chi connectivity index (χ4v) is 2.76. The van der Waals surface area contributed by atoms with Crippen molar-refractivity contribution < 1.29 is 10.2 Å². The first-order valence-electron chi connectivity index (χ1n) is 6.90. The van der Waals surface area contributed by atoms with E-state index in [4.69, 9.17) is 5.73 Å². The molecule has 3 atom stereocenters. The molecule has 0 bridgehead atoms. The number of nitrogens with zero attached hydrogens (tertiary/aromatic N) is 1. The van der Waals surface area contributed by atoms with Crippen molar-refractivity contribution in [3.05, 3.63) is 30.3 Å². The molecule has 20 heavy (non-hydrogen) atoms. The van der Waals surface area contributed by atoms with Gasteiger partial charge in [0.25, 0.3) is 0 Å². The summed E-state index contributed by atoms with van der Waals surface area (Å²) in [6, 6.07) is 9.65. The van der Waals surface area contributed by atoms with Gasteiger partial charge in [0.2, 0.25) is 0 Å². The normalized spacial score (nSPS) is 26.0. The summed E-state index contributed by atoms with van der Waals surface area (Å²) in [6.07, 6.45) is 0.300. The van der Waals surface area contributed by atoms with Gasteiger partial charge >= 0.3 is 0 Å². The van der Waals surface area contributed by atoms with Crippen molar-refractivity contribution in [3.8, 4) is 0 Å². The van der Waals surface area contributed by atoms with Gasteiger partial charge in [-0.3, -0.25) is 0 Å². The molecular formula is C15H19N3O2. The van der Waals surface area contributed by atoms with Crippen molar-refractivity contribution in [2.24, 2.45) is 5.92 Å². The van der Waals surface area contributed by atoms with Crippen LogP contribution >= 0.6 is 0 Å². The number of nitrogen functional groups attached to an aromatic ring is 1. The Bertz CT molecular complexity index is 617. The number of nitrogens with two attached hydrogens (primary N) is 1. The zero-order chi connectivity index (χ0) is 14.1. The van der Waals surface area contributed by atoms with E-state index in [1.54, 1.807) is 6.07 Å². The van der Waals surface area contributed by atoms with Crippen LogP contribution in [-0.4, -0.2) is 33.9 Å². The molecule has 5 nitrogen and oxygen atoms in total. The molecule has 1 aromatic heterocycles. The summed E-state index contributed by atoms with van der Waals surface area (Å²) in [5.74, 6) is 0.596. The second-order valence-electron chi connectivity index (χ2n) is 5.42. The van der Waals surface area contributed by atoms with Crippen molar-refractivity contribution >= 4 is 22.4 Å². The van der Waals surface area contributed by atoms with Gasteiger partial charge in [0.1, 0.15) is 5.82 Å². The summed E-state index contributed by atoms with van der Waals surface area (Å²) in [6.45, 7) is 0.645. The summed E-state index contributed by atoms with van der Waals surface area (Å²) in [5, 5.41) is 23.7. The van der Waals surface area contributed by atoms with E-state index >= 15 is 0 Å². The second-order valence-corrected chi connectivity index (χ2v) is 5.42. The highest BCUT2D eigenvalue weighted by atomic mass is 16.3. The molecule has 5 heteroatoms. The van der Waals surface area contributed by atoms with E-state index in [9.17, 15) is 10.2 Å². The van der Waals surface area contributed by atoms with Gasteiger partial charge in [0.15, 0.2) is 0 Å². The van der Waals surface area contributed by atoms with Crippen LogP contribution in [0.25, 0.3) is 10.9 Å². The van der Waals surface area contributed by atoms with Gasteiger partial charge in [0, 0.05) is 23.5 Å². The van der Waals surface area contributed by atoms with Crippen molar-refractivity contribution in [3.63, 3.8) is 0 Å². The third-order valence-corrected chi connectivity index (χ3v) is 3.99. The molecule has 3 unspecified atom stereocenters. The minimum absolute atomic E-state index is 0.0921. The molecule has 0 amide bonds. The van der Waals surface area contributed by atoms with Crippen molar-refractivity contribution in [2.75, 3.05) is 17.6 Å². The number of nitrogens with one attached hydrogen (secondary N) is 1. The number of fused-ring (bicyclic) bond motifs is 1. The standard InChI is InChI=1S/C15H19N3O2/c16-14-6-3-9-1-4-11(7-12(9)18-14)17-8-10-2-5-13(19)15(10)20/h1,3-4,6-7,10,13,15,17,19-20H,2,5,8H2,(H2,16,18). The number of rotatable bonds is 3. The molecule has 1 fully saturated rings. The number of hydrogen-bond acceptors (Lipinski definition) is 5. The second kappa shape index (κ2) is 5.26. The SMILES string of the molecule is Nc1ccc2ccc(NCC3CCC(O)C3O)cc2n1. The molecule has 0 aliphatic heterocycles. The number of aromatic nitrogens is 1. The number of aliphatic hydroxyl groups excluding tert-OH is 2. The first-order valence-corrected chi connectivity index (χ1v) is 6.90. The Labute approximate surface area is 117 Å². The molecule has 0 spiro atoms. The minimum atomic E-state index is -0.628. The van der Waals surface area contributed by atoms with Gasteiger partial charge in [0.05, 0.1) is 17.7 Å². The number of hydrogen-bond donors (Lipinski definition) is 4. The maximum Gasteiger partial charge on any atom is 0.124 e. The monoisotopic (exact) mass is 273 g/mol. The van der Waals surface area contributed by atoms with Crippen LogP contribution < -0.4 is 11.1 Å². The number of anilines is 2. The molecule has 1 aromatic carbocycles. The lowest BCUT2D eigenvalue weighted by molar-refractivity contribution is 0.0233. The summed E-state index contributed by atoms with van der Waals surface area (Å²) >= 11 is 0. The van der Waals surface area contributed by atoms with Crippen LogP contribution in [0.2, 0.25) is 0 Å². The van der Waals surface area contributed by atoms with Crippen molar-refractivity contribution in [1.29, 1.82) is 0 Å². The first-order chi connectivity index (χ1) is 9.63. The van der Waals surface area contributed by atoms with Crippen LogP contribution in [0.15, 0.2) is 30.3 Å². The Hall–Kier alpha value is -1.85. The van der Waals surface area contributed by atoms with Crippen molar-refractivity contribution in [1.82, 2.24) is 4.98 Å². The van der Waals surface area contributed by atoms with Gasteiger partial charge < -0.3 is 21.3 Å². The maximum absolute atomic E-state index is 9.82. The highest BCUT2D eigenvalue weighted by Gasteiger charge is 2.32. The Morgan fingerprint density at radius 3 is 2.75 bits per heavy atom. The average molecular weight is 273 g/mol. The van der Waals surface area contributed by atoms with E-state index in [0.29, 0.717) is 18.8 Å². The molecule has 1 heterocycles. The quantitative estimate of drug-likeness (QED) is 0.678. The maximum atomic E-state index is 9.82. The van der Waals surface area contributed by atoms with E-state index in [2.05, 4.69) is 10.3 Å². The molecule has 1 aliphatic carbocycles. The fraction of sp³-hybridized carbons (Fsp3) is 0.400. The lowest BCUT2D eigenvalue weighted by Gasteiger charge is -2.17. The molecule has 0 saturated heterocycles. The Morgan fingerprint density at radius 1 is 1.20 bits per heavy atom. The summed E-state index contributed by atoms with van der Waals surface area (Å²) in [4.78, 5) is 4.29. The molecule has 5 N–H and O–H groups in total. The van der Waals surface area contributed by atoms with Crippen LogP contribution in [0.3, 0.4) is 0 Å². The Balaban J connectivity index is 1.71. The largest absolute Gasteiger partial charge is 0.390 e. The van der Waals surface area contributed by atoms with E-state index in [0.717, 1.165) is 23.0 Å². The zero-order valence-electron chi connectivity index (χ0n) is 11.2. The highest BCUT2D eigenvalue weighted by Crippen LogP contribution is 2.27. The third-order valence-electron chi connectivity index (χ3n) is 3.99. The minimum Gasteiger partial charge on any atom is -0.390 e. The number of benzene rings is 1. The summed E-state index contributed by atoms with van der Waals surface area (Å²) < 4.78 is 0. The Kier molecular flexibility index (Phi) is 3.46. The van der Waals surface area contributed by atoms with E-state index in [-0.39, 0.29) is 5.92 Å². The van der Waals surface area contributed by atoms with Crippen LogP contribution in [0.5, 0.6) is 0 Å². The van der Waals surface area contributed by atoms with Gasteiger partial charge in [-0.15, -0.1) is 0 Å². The van der Waals surface area contributed by atoms with Crippen LogP contribution in [0.1, 0.15) is 12.8 Å². The lowest BCUT2D eigenvalue weighted by atomic mass is 10.1. The van der Waals surface area contributed by atoms with Gasteiger partial charge in [-0.2, -0.15) is 0 Å². The molecule has 1 aliphatic rings. The number of pyridine rings is 1. The molecule has 2 aromatic rings. The molecule has 3 rings (SSSR count). The van der Waals surface area contributed by atoms with Gasteiger partial charge in [-0.05, 0) is 37.1 Å². The van der Waals surface area contributed by atoms with Crippen LogP contribution in [0, 0.1) is 5.92 Å². The zero-order valence-corrected chi connectivity index (χ0v) is 11.2. The Morgan fingerprint density at radius 2 is 2.00 bits per heavy atom. The average Bonchev–Trinajstić information content (AvgIpc) is 2.76. The fourth-order valence-electron chi connectivity index (χ4n) is 2.76. The predicted octanol–water partition coefficient (Wildman–Crippen LogP) is 1.36. The first kappa shape index (κ1) is 13.1. The van der Waals surface area contributed by atoms with Crippen LogP contribution in [0.4, 0.5) is 11.5 Å². The van der Waals surface area contributed by atoms with E-state index < -0.39 is 12.2 Å². The van der Waals surface area contributed by atoms with E-state index in [1.807, 2.05) is 24.3 Å².